The van der Waals surface area contributed by atoms with E-state index in [-0.39, 0.29) is 0 Å². The SMILES string of the molecule is CCCc1ccc(OCC2CCC(C3CCC(CCC)CC3)CC2)c(OC)c1OC. The molecule has 0 unspecified atom stereocenters. The van der Waals surface area contributed by atoms with Crippen molar-refractivity contribution in [1.82, 2.24) is 0 Å². The average Bonchev–Trinajstić information content (AvgIpc) is 2.79. The van der Waals surface area contributed by atoms with Crippen molar-refractivity contribution in [2.24, 2.45) is 23.7 Å². The van der Waals surface area contributed by atoms with Crippen LogP contribution < -0.4 is 14.2 Å². The second-order valence-corrected chi connectivity index (χ2v) is 9.70. The first-order chi connectivity index (χ1) is 14.7. The van der Waals surface area contributed by atoms with Gasteiger partial charge in [0.2, 0.25) is 5.75 Å². The highest BCUT2D eigenvalue weighted by molar-refractivity contribution is 5.55. The van der Waals surface area contributed by atoms with E-state index >= 15 is 0 Å². The molecule has 0 amide bonds. The van der Waals surface area contributed by atoms with E-state index in [0.717, 1.165) is 54.5 Å². The fourth-order valence-electron chi connectivity index (χ4n) is 5.97. The Labute approximate surface area is 184 Å². The third-order valence-electron chi connectivity index (χ3n) is 7.71. The Balaban J connectivity index is 1.48. The predicted molar refractivity (Wildman–Crippen MR) is 125 cm³/mol. The molecular weight excluding hydrogens is 372 g/mol. The summed E-state index contributed by atoms with van der Waals surface area (Å²) in [5, 5.41) is 0. The molecule has 30 heavy (non-hydrogen) atoms. The van der Waals surface area contributed by atoms with Gasteiger partial charge in [-0.05, 0) is 80.2 Å². The molecule has 0 bridgehead atoms. The lowest BCUT2D eigenvalue weighted by atomic mass is 9.69. The summed E-state index contributed by atoms with van der Waals surface area (Å²) < 4.78 is 17.6. The summed E-state index contributed by atoms with van der Waals surface area (Å²) >= 11 is 0. The first-order valence-electron chi connectivity index (χ1n) is 12.6. The first kappa shape index (κ1) is 23.3. The summed E-state index contributed by atoms with van der Waals surface area (Å²) in [6.07, 6.45) is 16.2. The van der Waals surface area contributed by atoms with Crippen molar-refractivity contribution in [1.29, 1.82) is 0 Å². The number of methoxy groups -OCH3 is 2. The van der Waals surface area contributed by atoms with Crippen LogP contribution in [0.2, 0.25) is 0 Å². The molecule has 0 aromatic heterocycles. The molecule has 3 rings (SSSR count). The minimum atomic E-state index is 0.670. The van der Waals surface area contributed by atoms with Crippen LogP contribution in [0, 0.1) is 23.7 Å². The second-order valence-electron chi connectivity index (χ2n) is 9.70. The Bertz CT molecular complexity index is 625. The van der Waals surface area contributed by atoms with Crippen molar-refractivity contribution >= 4 is 0 Å². The fourth-order valence-corrected chi connectivity index (χ4v) is 5.97. The van der Waals surface area contributed by atoms with Crippen LogP contribution in [0.4, 0.5) is 0 Å². The lowest BCUT2D eigenvalue weighted by Crippen LogP contribution is -2.27. The van der Waals surface area contributed by atoms with Gasteiger partial charge in [-0.15, -0.1) is 0 Å². The molecule has 2 aliphatic carbocycles. The van der Waals surface area contributed by atoms with Crippen LogP contribution in [0.5, 0.6) is 17.2 Å². The lowest BCUT2D eigenvalue weighted by molar-refractivity contribution is 0.120. The van der Waals surface area contributed by atoms with Gasteiger partial charge in [-0.1, -0.05) is 52.0 Å². The van der Waals surface area contributed by atoms with Gasteiger partial charge in [0.25, 0.3) is 0 Å². The molecule has 0 aliphatic heterocycles. The van der Waals surface area contributed by atoms with Crippen molar-refractivity contribution < 1.29 is 14.2 Å². The smallest absolute Gasteiger partial charge is 0.203 e. The highest BCUT2D eigenvalue weighted by Crippen LogP contribution is 2.43. The number of aryl methyl sites for hydroxylation is 1. The summed E-state index contributed by atoms with van der Waals surface area (Å²) in [6.45, 7) is 5.31. The molecule has 2 fully saturated rings. The maximum Gasteiger partial charge on any atom is 0.203 e. The molecule has 0 spiro atoms. The second kappa shape index (κ2) is 11.9. The highest BCUT2D eigenvalue weighted by atomic mass is 16.5. The molecule has 3 nitrogen and oxygen atoms in total. The molecule has 0 N–H and O–H groups in total. The van der Waals surface area contributed by atoms with E-state index in [9.17, 15) is 0 Å². The number of benzene rings is 1. The third-order valence-corrected chi connectivity index (χ3v) is 7.71. The van der Waals surface area contributed by atoms with E-state index in [1.807, 2.05) is 0 Å². The van der Waals surface area contributed by atoms with E-state index in [4.69, 9.17) is 14.2 Å². The van der Waals surface area contributed by atoms with Gasteiger partial charge in [0.05, 0.1) is 20.8 Å². The van der Waals surface area contributed by atoms with Crippen LogP contribution in [0.1, 0.15) is 90.0 Å². The minimum Gasteiger partial charge on any atom is -0.492 e. The van der Waals surface area contributed by atoms with Crippen molar-refractivity contribution in [3.63, 3.8) is 0 Å². The summed E-state index contributed by atoms with van der Waals surface area (Å²) in [4.78, 5) is 0. The van der Waals surface area contributed by atoms with E-state index in [2.05, 4.69) is 26.0 Å². The maximum absolute atomic E-state index is 6.26. The highest BCUT2D eigenvalue weighted by Gasteiger charge is 2.31. The molecule has 170 valence electrons. The van der Waals surface area contributed by atoms with Crippen molar-refractivity contribution in [3.05, 3.63) is 17.7 Å². The van der Waals surface area contributed by atoms with Gasteiger partial charge in [-0.2, -0.15) is 0 Å². The van der Waals surface area contributed by atoms with Crippen LogP contribution in [0.3, 0.4) is 0 Å². The normalized spacial score (nSPS) is 26.9. The zero-order valence-corrected chi connectivity index (χ0v) is 19.9. The summed E-state index contributed by atoms with van der Waals surface area (Å²) in [7, 11) is 3.43. The van der Waals surface area contributed by atoms with E-state index in [0.29, 0.717) is 5.92 Å². The van der Waals surface area contributed by atoms with Gasteiger partial charge in [-0.3, -0.25) is 0 Å². The van der Waals surface area contributed by atoms with Crippen molar-refractivity contribution in [3.8, 4) is 17.2 Å². The zero-order chi connectivity index (χ0) is 21.3. The number of hydrogen-bond donors (Lipinski definition) is 0. The van der Waals surface area contributed by atoms with Gasteiger partial charge in [0.15, 0.2) is 11.5 Å². The van der Waals surface area contributed by atoms with Crippen LogP contribution in [-0.4, -0.2) is 20.8 Å². The van der Waals surface area contributed by atoms with E-state index < -0.39 is 0 Å². The monoisotopic (exact) mass is 416 g/mol. The molecule has 0 atom stereocenters. The van der Waals surface area contributed by atoms with E-state index in [1.165, 1.54) is 69.8 Å². The molecule has 0 heterocycles. The summed E-state index contributed by atoms with van der Waals surface area (Å²) in [5.41, 5.74) is 1.19. The van der Waals surface area contributed by atoms with Gasteiger partial charge in [0.1, 0.15) is 0 Å². The van der Waals surface area contributed by atoms with Gasteiger partial charge >= 0.3 is 0 Å². The molecule has 1 aromatic rings. The Morgan fingerprint density at radius 1 is 0.733 bits per heavy atom. The number of ether oxygens (including phenoxy) is 3. The van der Waals surface area contributed by atoms with Gasteiger partial charge in [-0.25, -0.2) is 0 Å². The predicted octanol–water partition coefficient (Wildman–Crippen LogP) is 7.45. The van der Waals surface area contributed by atoms with Gasteiger partial charge in [0, 0.05) is 0 Å². The molecule has 2 saturated carbocycles. The van der Waals surface area contributed by atoms with Crippen LogP contribution in [0.15, 0.2) is 12.1 Å². The van der Waals surface area contributed by atoms with Crippen molar-refractivity contribution in [2.75, 3.05) is 20.8 Å². The largest absolute Gasteiger partial charge is 0.492 e. The Kier molecular flexibility index (Phi) is 9.21. The van der Waals surface area contributed by atoms with Crippen LogP contribution in [-0.2, 0) is 6.42 Å². The average molecular weight is 417 g/mol. The Morgan fingerprint density at radius 2 is 1.33 bits per heavy atom. The number of hydrogen-bond acceptors (Lipinski definition) is 3. The number of rotatable bonds is 10. The maximum atomic E-state index is 6.26. The van der Waals surface area contributed by atoms with Crippen molar-refractivity contribution in [2.45, 2.75) is 90.9 Å². The zero-order valence-electron chi connectivity index (χ0n) is 19.9. The molecular formula is C27H44O3. The summed E-state index contributed by atoms with van der Waals surface area (Å²) in [5.74, 6) is 6.06. The summed E-state index contributed by atoms with van der Waals surface area (Å²) in [6, 6.07) is 4.19. The molecule has 0 saturated heterocycles. The quantitative estimate of drug-likeness (QED) is 0.396. The van der Waals surface area contributed by atoms with Crippen LogP contribution >= 0.6 is 0 Å². The van der Waals surface area contributed by atoms with Crippen LogP contribution in [0.25, 0.3) is 0 Å². The molecule has 0 radical (unpaired) electrons. The Hall–Kier alpha value is -1.38. The Morgan fingerprint density at radius 3 is 1.87 bits per heavy atom. The first-order valence-corrected chi connectivity index (χ1v) is 12.6. The standard InChI is InChI=1S/C27H44O3/c1-5-7-20-9-13-22(14-10-20)23-15-11-21(12-16-23)19-30-25-18-17-24(8-6-2)26(28-3)27(25)29-4/h17-18,20-23H,5-16,19H2,1-4H3. The van der Waals surface area contributed by atoms with E-state index in [1.54, 1.807) is 14.2 Å². The fraction of sp³-hybridized carbons (Fsp3) is 0.778. The topological polar surface area (TPSA) is 27.7 Å². The lowest BCUT2D eigenvalue weighted by Gasteiger charge is -2.37. The molecule has 3 heteroatoms. The molecule has 2 aliphatic rings. The minimum absolute atomic E-state index is 0.670. The third kappa shape index (κ3) is 5.86. The molecule has 1 aromatic carbocycles. The van der Waals surface area contributed by atoms with Gasteiger partial charge < -0.3 is 14.2 Å².